The summed E-state index contributed by atoms with van der Waals surface area (Å²) in [5.41, 5.74) is 0.977. The van der Waals surface area contributed by atoms with Crippen LogP contribution in [0.3, 0.4) is 0 Å². The summed E-state index contributed by atoms with van der Waals surface area (Å²) in [6.45, 7) is 2.79. The Kier molecular flexibility index (Phi) is 5.91. The van der Waals surface area contributed by atoms with E-state index < -0.39 is 17.7 Å². The number of amides is 2. The van der Waals surface area contributed by atoms with E-state index in [2.05, 4.69) is 10.6 Å². The molecule has 2 rings (SSSR count). The van der Waals surface area contributed by atoms with E-state index in [1.165, 1.54) is 6.07 Å². The highest BCUT2D eigenvalue weighted by Gasteiger charge is 2.07. The van der Waals surface area contributed by atoms with Gasteiger partial charge in [0.25, 0.3) is 0 Å². The van der Waals surface area contributed by atoms with Gasteiger partial charge in [0, 0.05) is 12.6 Å². The normalized spacial score (nSPS) is 10.2. The van der Waals surface area contributed by atoms with E-state index >= 15 is 0 Å². The fourth-order valence-corrected chi connectivity index (χ4v) is 1.93. The van der Waals surface area contributed by atoms with Crippen LogP contribution in [0.1, 0.15) is 12.0 Å². The van der Waals surface area contributed by atoms with E-state index in [0.717, 1.165) is 17.4 Å². The number of benzene rings is 2. The number of carbonyl (C=O) groups excluding carboxylic acids is 1. The van der Waals surface area contributed by atoms with Crippen molar-refractivity contribution in [2.24, 2.45) is 0 Å². The summed E-state index contributed by atoms with van der Waals surface area (Å²) in [6, 6.07) is 10.1. The lowest BCUT2D eigenvalue weighted by atomic mass is 10.2. The van der Waals surface area contributed by atoms with Crippen molar-refractivity contribution in [3.8, 4) is 5.75 Å². The Morgan fingerprint density at radius 3 is 2.70 bits per heavy atom. The second-order valence-corrected chi connectivity index (χ2v) is 4.97. The number of urea groups is 1. The minimum Gasteiger partial charge on any atom is -0.493 e. The summed E-state index contributed by atoms with van der Waals surface area (Å²) in [5, 5.41) is 4.91. The maximum atomic E-state index is 13.4. The third-order valence-electron chi connectivity index (χ3n) is 3.14. The van der Waals surface area contributed by atoms with Crippen LogP contribution in [0.25, 0.3) is 0 Å². The molecule has 0 aliphatic rings. The fraction of sp³-hybridized carbons (Fsp3) is 0.235. The molecule has 0 spiro atoms. The van der Waals surface area contributed by atoms with Crippen LogP contribution >= 0.6 is 0 Å². The molecule has 0 bridgehead atoms. The van der Waals surface area contributed by atoms with Crippen LogP contribution in [-0.2, 0) is 0 Å². The van der Waals surface area contributed by atoms with Crippen molar-refractivity contribution in [2.45, 2.75) is 13.3 Å². The average Bonchev–Trinajstić information content (AvgIpc) is 2.51. The summed E-state index contributed by atoms with van der Waals surface area (Å²) >= 11 is 0. The van der Waals surface area contributed by atoms with Crippen molar-refractivity contribution in [1.29, 1.82) is 0 Å². The monoisotopic (exact) mass is 320 g/mol. The predicted molar refractivity (Wildman–Crippen MR) is 84.7 cm³/mol. The molecule has 0 saturated carbocycles. The van der Waals surface area contributed by atoms with Gasteiger partial charge in [-0.3, -0.25) is 0 Å². The van der Waals surface area contributed by atoms with Crippen molar-refractivity contribution in [3.63, 3.8) is 0 Å². The van der Waals surface area contributed by atoms with Gasteiger partial charge in [-0.1, -0.05) is 18.2 Å². The van der Waals surface area contributed by atoms with E-state index in [0.29, 0.717) is 25.6 Å². The number of hydrogen-bond acceptors (Lipinski definition) is 2. The van der Waals surface area contributed by atoms with Gasteiger partial charge in [0.2, 0.25) is 0 Å². The zero-order chi connectivity index (χ0) is 16.7. The van der Waals surface area contributed by atoms with Gasteiger partial charge in [0.05, 0.1) is 12.3 Å². The highest BCUT2D eigenvalue weighted by molar-refractivity contribution is 5.89. The Morgan fingerprint density at radius 2 is 1.96 bits per heavy atom. The molecule has 6 heteroatoms. The number of para-hydroxylation sites is 1. The lowest BCUT2D eigenvalue weighted by Gasteiger charge is -2.10. The molecule has 0 aromatic heterocycles. The summed E-state index contributed by atoms with van der Waals surface area (Å²) in [7, 11) is 0. The number of hydrogen-bond donors (Lipinski definition) is 2. The Bertz CT molecular complexity index is 677. The lowest BCUT2D eigenvalue weighted by molar-refractivity contribution is 0.250. The zero-order valence-electron chi connectivity index (χ0n) is 12.7. The van der Waals surface area contributed by atoms with Crippen molar-refractivity contribution >= 4 is 11.7 Å². The first-order chi connectivity index (χ1) is 11.1. The first-order valence-electron chi connectivity index (χ1n) is 7.24. The number of rotatable bonds is 6. The van der Waals surface area contributed by atoms with Crippen LogP contribution in [0, 0.1) is 18.6 Å². The molecule has 0 heterocycles. The predicted octanol–water partition coefficient (Wildman–Crippen LogP) is 3.86. The molecule has 4 nitrogen and oxygen atoms in total. The zero-order valence-corrected chi connectivity index (χ0v) is 12.7. The maximum absolute atomic E-state index is 13.4. The van der Waals surface area contributed by atoms with E-state index in [9.17, 15) is 13.6 Å². The molecule has 0 fully saturated rings. The summed E-state index contributed by atoms with van der Waals surface area (Å²) in [5.74, 6) is -0.699. The topological polar surface area (TPSA) is 50.4 Å². The van der Waals surface area contributed by atoms with Gasteiger partial charge in [-0.05, 0) is 37.1 Å². The van der Waals surface area contributed by atoms with Gasteiger partial charge < -0.3 is 15.4 Å². The third-order valence-corrected chi connectivity index (χ3v) is 3.14. The Balaban J connectivity index is 1.68. The molecular formula is C17H18F2N2O2. The number of nitrogens with one attached hydrogen (secondary N) is 2. The molecule has 2 aromatic rings. The number of anilines is 1. The number of carbonyl (C=O) groups is 1. The molecule has 2 N–H and O–H groups in total. The van der Waals surface area contributed by atoms with E-state index in [4.69, 9.17) is 4.74 Å². The van der Waals surface area contributed by atoms with Gasteiger partial charge in [0.15, 0.2) is 0 Å². The van der Waals surface area contributed by atoms with Crippen molar-refractivity contribution < 1.29 is 18.3 Å². The molecule has 2 amide bonds. The molecule has 0 aliphatic heterocycles. The molecule has 0 atom stereocenters. The lowest BCUT2D eigenvalue weighted by Crippen LogP contribution is -2.30. The van der Waals surface area contributed by atoms with Gasteiger partial charge in [-0.15, -0.1) is 0 Å². The SMILES string of the molecule is Cc1ccccc1OCCCNC(=O)Nc1ccc(F)cc1F. The molecular weight excluding hydrogens is 302 g/mol. The number of aryl methyl sites for hydroxylation is 1. The third kappa shape index (κ3) is 5.25. The molecule has 0 aliphatic carbocycles. The molecule has 0 radical (unpaired) electrons. The van der Waals surface area contributed by atoms with E-state index in [1.807, 2.05) is 31.2 Å². The first kappa shape index (κ1) is 16.7. The summed E-state index contributed by atoms with van der Waals surface area (Å²) < 4.78 is 31.7. The van der Waals surface area contributed by atoms with Crippen LogP contribution in [-0.4, -0.2) is 19.2 Å². The van der Waals surface area contributed by atoms with Crippen molar-refractivity contribution in [2.75, 3.05) is 18.5 Å². The maximum Gasteiger partial charge on any atom is 0.319 e. The second-order valence-electron chi connectivity index (χ2n) is 4.97. The minimum absolute atomic E-state index is 0.0694. The van der Waals surface area contributed by atoms with E-state index in [1.54, 1.807) is 0 Å². The largest absolute Gasteiger partial charge is 0.493 e. The molecule has 0 saturated heterocycles. The van der Waals surface area contributed by atoms with Crippen molar-refractivity contribution in [3.05, 3.63) is 59.7 Å². The van der Waals surface area contributed by atoms with Gasteiger partial charge in [-0.25, -0.2) is 13.6 Å². The van der Waals surface area contributed by atoms with Crippen LogP contribution in [0.2, 0.25) is 0 Å². The summed E-state index contributed by atoms with van der Waals surface area (Å²) in [4.78, 5) is 11.6. The molecule has 0 unspecified atom stereocenters. The Morgan fingerprint density at radius 1 is 1.17 bits per heavy atom. The molecule has 23 heavy (non-hydrogen) atoms. The second kappa shape index (κ2) is 8.12. The molecule has 2 aromatic carbocycles. The quantitative estimate of drug-likeness (QED) is 0.794. The standard InChI is InChI=1S/C17H18F2N2O2/c1-12-5-2-3-6-16(12)23-10-4-9-20-17(22)21-15-8-7-13(18)11-14(15)19/h2-3,5-8,11H,4,9-10H2,1H3,(H2,20,21,22). The smallest absolute Gasteiger partial charge is 0.319 e. The number of halogens is 2. The van der Waals surface area contributed by atoms with Gasteiger partial charge in [0.1, 0.15) is 17.4 Å². The van der Waals surface area contributed by atoms with Crippen LogP contribution in [0.15, 0.2) is 42.5 Å². The Hall–Kier alpha value is -2.63. The van der Waals surface area contributed by atoms with Crippen LogP contribution < -0.4 is 15.4 Å². The average molecular weight is 320 g/mol. The van der Waals surface area contributed by atoms with Crippen LogP contribution in [0.4, 0.5) is 19.3 Å². The highest BCUT2D eigenvalue weighted by Crippen LogP contribution is 2.16. The van der Waals surface area contributed by atoms with Gasteiger partial charge >= 0.3 is 6.03 Å². The number of ether oxygens (including phenoxy) is 1. The van der Waals surface area contributed by atoms with Crippen LogP contribution in [0.5, 0.6) is 5.75 Å². The van der Waals surface area contributed by atoms with Crippen molar-refractivity contribution in [1.82, 2.24) is 5.32 Å². The Labute approximate surface area is 133 Å². The van der Waals surface area contributed by atoms with Gasteiger partial charge in [-0.2, -0.15) is 0 Å². The minimum atomic E-state index is -0.817. The first-order valence-corrected chi connectivity index (χ1v) is 7.24. The van der Waals surface area contributed by atoms with E-state index in [-0.39, 0.29) is 5.69 Å². The summed E-state index contributed by atoms with van der Waals surface area (Å²) in [6.07, 6.45) is 0.605. The molecule has 122 valence electrons. The fourth-order valence-electron chi connectivity index (χ4n) is 1.93. The highest BCUT2D eigenvalue weighted by atomic mass is 19.1.